The number of hydrogen-bond donors (Lipinski definition) is 1. The Balaban J connectivity index is 1.56. The first-order chi connectivity index (χ1) is 14.8. The minimum atomic E-state index is -3.42. The van der Waals surface area contributed by atoms with Gasteiger partial charge in [0.1, 0.15) is 0 Å². The Bertz CT molecular complexity index is 1040. The fourth-order valence-electron chi connectivity index (χ4n) is 4.02. The number of nitrogen functional groups attached to an aromatic ring is 1. The van der Waals surface area contributed by atoms with Crippen LogP contribution >= 0.6 is 0 Å². The molecule has 0 aliphatic carbocycles. The number of piperazine rings is 1. The highest BCUT2D eigenvalue weighted by Crippen LogP contribution is 2.27. The molecule has 2 aliphatic heterocycles. The van der Waals surface area contributed by atoms with Gasteiger partial charge in [0.25, 0.3) is 5.91 Å². The number of amides is 1. The number of anilines is 3. The van der Waals surface area contributed by atoms with E-state index in [4.69, 9.17) is 10.5 Å². The maximum absolute atomic E-state index is 13.5. The van der Waals surface area contributed by atoms with Crippen LogP contribution < -0.4 is 15.5 Å². The van der Waals surface area contributed by atoms with Gasteiger partial charge in [-0.25, -0.2) is 8.42 Å². The van der Waals surface area contributed by atoms with Crippen molar-refractivity contribution in [3.63, 3.8) is 0 Å². The number of morpholine rings is 1. The quantitative estimate of drug-likeness (QED) is 0.714. The Morgan fingerprint density at radius 1 is 0.903 bits per heavy atom. The number of carbonyl (C=O) groups is 1. The van der Waals surface area contributed by atoms with E-state index in [9.17, 15) is 13.2 Å². The van der Waals surface area contributed by atoms with Gasteiger partial charge >= 0.3 is 0 Å². The van der Waals surface area contributed by atoms with E-state index >= 15 is 0 Å². The number of hydrogen-bond acceptors (Lipinski definition) is 7. The molecule has 8 nitrogen and oxygen atoms in total. The van der Waals surface area contributed by atoms with E-state index in [0.29, 0.717) is 58.0 Å². The minimum absolute atomic E-state index is 0.135. The van der Waals surface area contributed by atoms with Crippen molar-refractivity contribution in [1.29, 1.82) is 0 Å². The third kappa shape index (κ3) is 4.77. The van der Waals surface area contributed by atoms with Crippen LogP contribution in [-0.2, 0) is 14.6 Å². The summed E-state index contributed by atoms with van der Waals surface area (Å²) in [6.07, 6.45) is 1.16. The molecule has 4 rings (SSSR count). The fourth-order valence-corrected chi connectivity index (χ4v) is 4.67. The molecule has 0 bridgehead atoms. The molecule has 9 heteroatoms. The zero-order chi connectivity index (χ0) is 22.0. The van der Waals surface area contributed by atoms with E-state index in [1.165, 1.54) is 6.07 Å². The maximum atomic E-state index is 13.5. The Labute approximate surface area is 183 Å². The highest BCUT2D eigenvalue weighted by molar-refractivity contribution is 7.90. The SMILES string of the molecule is CS(=O)(=O)c1ccc(N2CCOCC2)c(C(=O)N2CCN(c3ccc(N)cc3)CC2)c1. The highest BCUT2D eigenvalue weighted by atomic mass is 32.2. The van der Waals surface area contributed by atoms with E-state index in [1.54, 1.807) is 17.0 Å². The smallest absolute Gasteiger partial charge is 0.256 e. The average Bonchev–Trinajstić information content (AvgIpc) is 2.79. The molecule has 2 saturated heterocycles. The van der Waals surface area contributed by atoms with Crippen LogP contribution in [0.25, 0.3) is 0 Å². The number of nitrogens with zero attached hydrogens (tertiary/aromatic N) is 3. The highest BCUT2D eigenvalue weighted by Gasteiger charge is 2.27. The molecule has 2 aliphatic rings. The van der Waals surface area contributed by atoms with Crippen molar-refractivity contribution in [3.05, 3.63) is 48.0 Å². The molecule has 31 heavy (non-hydrogen) atoms. The Kier molecular flexibility index (Phi) is 6.06. The van der Waals surface area contributed by atoms with Gasteiger partial charge < -0.3 is 25.2 Å². The van der Waals surface area contributed by atoms with Crippen LogP contribution in [0.15, 0.2) is 47.4 Å². The molecule has 2 heterocycles. The molecule has 0 atom stereocenters. The molecule has 0 saturated carbocycles. The van der Waals surface area contributed by atoms with Crippen molar-refractivity contribution in [1.82, 2.24) is 4.90 Å². The first-order valence-corrected chi connectivity index (χ1v) is 12.3. The molecule has 0 spiro atoms. The molecule has 2 aromatic rings. The normalized spacial score (nSPS) is 17.6. The van der Waals surface area contributed by atoms with Gasteiger partial charge in [-0.15, -0.1) is 0 Å². The third-order valence-corrected chi connectivity index (χ3v) is 6.91. The molecule has 1 amide bonds. The summed E-state index contributed by atoms with van der Waals surface area (Å²) >= 11 is 0. The van der Waals surface area contributed by atoms with E-state index in [-0.39, 0.29) is 10.8 Å². The summed E-state index contributed by atoms with van der Waals surface area (Å²) in [5.74, 6) is -0.135. The number of ether oxygens (including phenoxy) is 1. The van der Waals surface area contributed by atoms with Crippen molar-refractivity contribution in [3.8, 4) is 0 Å². The molecular formula is C22H28N4O4S. The van der Waals surface area contributed by atoms with Crippen molar-refractivity contribution in [2.75, 3.05) is 74.3 Å². The fraction of sp³-hybridized carbons (Fsp3) is 0.409. The van der Waals surface area contributed by atoms with E-state index in [0.717, 1.165) is 23.3 Å². The van der Waals surface area contributed by atoms with Crippen LogP contribution in [0, 0.1) is 0 Å². The largest absolute Gasteiger partial charge is 0.399 e. The molecule has 2 N–H and O–H groups in total. The molecule has 0 radical (unpaired) electrons. The van der Waals surface area contributed by atoms with Gasteiger partial charge in [-0.3, -0.25) is 4.79 Å². The number of benzene rings is 2. The molecular weight excluding hydrogens is 416 g/mol. The van der Waals surface area contributed by atoms with Crippen molar-refractivity contribution in [2.24, 2.45) is 0 Å². The second-order valence-corrected chi connectivity index (χ2v) is 9.94. The molecule has 2 fully saturated rings. The number of sulfone groups is 1. The zero-order valence-electron chi connectivity index (χ0n) is 17.7. The topological polar surface area (TPSA) is 96.2 Å². The maximum Gasteiger partial charge on any atom is 0.256 e. The van der Waals surface area contributed by atoms with Gasteiger partial charge in [0.05, 0.1) is 23.7 Å². The minimum Gasteiger partial charge on any atom is -0.399 e. The average molecular weight is 445 g/mol. The monoisotopic (exact) mass is 444 g/mol. The summed E-state index contributed by atoms with van der Waals surface area (Å²) in [6, 6.07) is 12.6. The standard InChI is InChI=1S/C22H28N4O4S/c1-31(28,29)19-6-7-21(25-12-14-30-15-13-25)20(16-19)22(27)26-10-8-24(9-11-26)18-4-2-17(23)3-5-18/h2-7,16H,8-15,23H2,1H3. The lowest BCUT2D eigenvalue weighted by molar-refractivity contribution is 0.0746. The first-order valence-electron chi connectivity index (χ1n) is 10.4. The van der Waals surface area contributed by atoms with Crippen LogP contribution in [0.1, 0.15) is 10.4 Å². The molecule has 166 valence electrons. The van der Waals surface area contributed by atoms with Crippen LogP contribution in [0.2, 0.25) is 0 Å². The molecule has 0 unspecified atom stereocenters. The lowest BCUT2D eigenvalue weighted by Crippen LogP contribution is -2.49. The van der Waals surface area contributed by atoms with Crippen LogP contribution in [0.3, 0.4) is 0 Å². The van der Waals surface area contributed by atoms with Crippen LogP contribution in [0.4, 0.5) is 17.1 Å². The summed E-state index contributed by atoms with van der Waals surface area (Å²) in [6.45, 7) is 5.04. The van der Waals surface area contributed by atoms with Crippen molar-refractivity contribution in [2.45, 2.75) is 4.90 Å². The van der Waals surface area contributed by atoms with Gasteiger partial charge in [0, 0.05) is 62.6 Å². The van der Waals surface area contributed by atoms with Gasteiger partial charge in [-0.2, -0.15) is 0 Å². The molecule has 2 aromatic carbocycles. The van der Waals surface area contributed by atoms with Crippen LogP contribution in [-0.4, -0.2) is 78.0 Å². The number of rotatable bonds is 4. The lowest BCUT2D eigenvalue weighted by atomic mass is 10.1. The van der Waals surface area contributed by atoms with Crippen molar-refractivity contribution >= 4 is 32.8 Å². The summed E-state index contributed by atoms with van der Waals surface area (Å²) < 4.78 is 29.7. The zero-order valence-corrected chi connectivity index (χ0v) is 18.5. The van der Waals surface area contributed by atoms with Gasteiger partial charge in [-0.05, 0) is 42.5 Å². The van der Waals surface area contributed by atoms with Gasteiger partial charge in [0.15, 0.2) is 9.84 Å². The second kappa shape index (κ2) is 8.76. The summed E-state index contributed by atoms with van der Waals surface area (Å²) in [4.78, 5) is 19.7. The number of nitrogens with two attached hydrogens (primary N) is 1. The van der Waals surface area contributed by atoms with Crippen LogP contribution in [0.5, 0.6) is 0 Å². The predicted octanol–water partition coefficient (Wildman–Crippen LogP) is 1.47. The Hall–Kier alpha value is -2.78. The summed E-state index contributed by atoms with van der Waals surface area (Å²) in [5, 5.41) is 0. The Morgan fingerprint density at radius 2 is 1.55 bits per heavy atom. The predicted molar refractivity (Wildman–Crippen MR) is 122 cm³/mol. The molecule has 0 aromatic heterocycles. The lowest BCUT2D eigenvalue weighted by Gasteiger charge is -2.37. The number of carbonyl (C=O) groups excluding carboxylic acids is 1. The Morgan fingerprint density at radius 3 is 2.16 bits per heavy atom. The van der Waals surface area contributed by atoms with Crippen molar-refractivity contribution < 1.29 is 17.9 Å². The van der Waals surface area contributed by atoms with Gasteiger partial charge in [0.2, 0.25) is 0 Å². The van der Waals surface area contributed by atoms with E-state index in [2.05, 4.69) is 9.80 Å². The summed E-state index contributed by atoms with van der Waals surface area (Å²) in [7, 11) is -3.42. The first kappa shape index (κ1) is 21.5. The second-order valence-electron chi connectivity index (χ2n) is 7.92. The van der Waals surface area contributed by atoms with E-state index in [1.807, 2.05) is 24.3 Å². The third-order valence-electron chi connectivity index (χ3n) is 5.80. The van der Waals surface area contributed by atoms with E-state index < -0.39 is 9.84 Å². The van der Waals surface area contributed by atoms with Gasteiger partial charge in [-0.1, -0.05) is 0 Å². The summed E-state index contributed by atoms with van der Waals surface area (Å²) in [5.41, 5.74) is 8.78.